The van der Waals surface area contributed by atoms with Gasteiger partial charge in [0.15, 0.2) is 11.6 Å². The van der Waals surface area contributed by atoms with Crippen LogP contribution in [0.3, 0.4) is 0 Å². The zero-order chi connectivity index (χ0) is 81.3. The number of rotatable bonds is 52. The standard InChI is InChI=1S/C82H119N9O19S/c1-14-55(8)74(69(103-12)50-71(96)90-35-21-27-65(90)75(104-13)56(9)66(92)48-60(77-84-34-45-111-77)46-57-22-16-15-17-23-57)88(10)78(98)64(52(2)3)49-68(94)73(54(6)7)89(11)82(102)109-51-58-28-30-61(31-29-58)86-76(97)59(24-20-33-85-81(83)101)47-67(93)72(53(4)5)87-70(95)32-36-105-37-38-106-39-40-107-41-42-108-43-44-110-91-79(99)62-25-18-19-26-63(62)80(91)100/h15-19,22-23,25-26,28-31,34,45,52-56,59-60,64-65,69,72-75H,14,20-21,24,27,32-33,35-44,46-51H2,1-13H3,(H,86,97)(H,87,95)(H3,83,85,101)/t55-,56-,59+,60?,64-,65-,69+,72-,73-,74-,75+/m0/s1. The number of Topliss-reactive ketones (excluding diaryl/α,β-unsaturated/α-hetero) is 3. The van der Waals surface area contributed by atoms with Crippen LogP contribution in [0.5, 0.6) is 0 Å². The number of fused-ring (bicyclic) bond motifs is 1. The van der Waals surface area contributed by atoms with Crippen LogP contribution in [-0.4, -0.2) is 227 Å². The number of hydrogen-bond acceptors (Lipinski definition) is 21. The highest BCUT2D eigenvalue weighted by molar-refractivity contribution is 7.09. The van der Waals surface area contributed by atoms with Crippen molar-refractivity contribution in [2.75, 3.05) is 106 Å². The van der Waals surface area contributed by atoms with Crippen molar-refractivity contribution >= 4 is 81.9 Å². The maximum atomic E-state index is 15.0. The number of benzene rings is 3. The summed E-state index contributed by atoms with van der Waals surface area (Å²) in [5, 5.41) is 11.7. The van der Waals surface area contributed by atoms with Crippen LogP contribution in [-0.2, 0) is 84.6 Å². The minimum atomic E-state index is -0.971. The number of nitrogens with one attached hydrogen (secondary N) is 3. The van der Waals surface area contributed by atoms with E-state index in [-0.39, 0.29) is 176 Å². The van der Waals surface area contributed by atoms with Gasteiger partial charge in [0, 0.05) is 108 Å². The van der Waals surface area contributed by atoms with Crippen molar-refractivity contribution in [2.45, 2.75) is 182 Å². The number of urea groups is 1. The molecule has 1 aromatic heterocycles. The van der Waals surface area contributed by atoms with E-state index in [0.29, 0.717) is 54.6 Å². The molecule has 9 amide bonds. The van der Waals surface area contributed by atoms with Gasteiger partial charge >= 0.3 is 12.1 Å². The lowest BCUT2D eigenvalue weighted by Crippen LogP contribution is -2.54. The molecule has 29 heteroatoms. The third-order valence-electron chi connectivity index (χ3n) is 20.7. The SMILES string of the molecule is CC[C@H](C)[C@@H]([C@@H](CC(=O)N1CCC[C@H]1[C@H](OC)[C@@H](C)C(=O)CC(Cc1ccccc1)c1nccs1)OC)N(C)C(=O)[C@@H](CC(=O)[C@H](C(C)C)N(C)C(=O)OCc1ccc(NC(=O)[C@H](CCCNC(N)=O)CC(=O)[C@@H](NC(=O)CCOCCOCCOCCOCCON2C(=O)c3ccccc3C2=O)C(C)C)cc1)C(C)C. The van der Waals surface area contributed by atoms with Crippen molar-refractivity contribution < 1.29 is 90.7 Å². The van der Waals surface area contributed by atoms with Gasteiger partial charge in [0.25, 0.3) is 11.8 Å². The molecule has 0 saturated carbocycles. The predicted octanol–water partition coefficient (Wildman–Crippen LogP) is 9.66. The van der Waals surface area contributed by atoms with Gasteiger partial charge in [0.2, 0.25) is 23.6 Å². The molecule has 1 fully saturated rings. The number of amides is 9. The lowest BCUT2D eigenvalue weighted by molar-refractivity contribution is -0.149. The Morgan fingerprint density at radius 1 is 0.676 bits per heavy atom. The van der Waals surface area contributed by atoms with Gasteiger partial charge in [-0.1, -0.05) is 123 Å². The van der Waals surface area contributed by atoms with Crippen LogP contribution in [0.25, 0.3) is 0 Å². The van der Waals surface area contributed by atoms with Crippen molar-refractivity contribution in [3.05, 3.63) is 118 Å². The second-order valence-corrected chi connectivity index (χ2v) is 30.6. The van der Waals surface area contributed by atoms with Gasteiger partial charge in [-0.15, -0.1) is 16.4 Å². The molecule has 3 heterocycles. The number of imide groups is 1. The number of nitrogens with two attached hydrogens (primary N) is 1. The molecule has 6 rings (SSSR count). The van der Waals surface area contributed by atoms with Gasteiger partial charge in [0.1, 0.15) is 12.4 Å². The second kappa shape index (κ2) is 47.2. The highest BCUT2D eigenvalue weighted by atomic mass is 32.1. The molecule has 2 aliphatic rings. The number of nitrogens with zero attached hydrogens (tertiary/aromatic N) is 5. The fourth-order valence-corrected chi connectivity index (χ4v) is 15.1. The van der Waals surface area contributed by atoms with Crippen LogP contribution in [0.1, 0.15) is 169 Å². The number of likely N-dealkylation sites (N-methyl/N-ethyl adjacent to an activating group) is 2. The van der Waals surface area contributed by atoms with E-state index in [1.165, 1.54) is 30.4 Å². The molecule has 28 nitrogen and oxygen atoms in total. The molecule has 111 heavy (non-hydrogen) atoms. The van der Waals surface area contributed by atoms with Crippen molar-refractivity contribution in [3.8, 4) is 0 Å². The van der Waals surface area contributed by atoms with Crippen LogP contribution >= 0.6 is 11.3 Å². The highest BCUT2D eigenvalue weighted by Gasteiger charge is 2.45. The quantitative estimate of drug-likeness (QED) is 0.0236. The van der Waals surface area contributed by atoms with Gasteiger partial charge in [-0.25, -0.2) is 14.6 Å². The molecule has 612 valence electrons. The number of thiazole rings is 1. The summed E-state index contributed by atoms with van der Waals surface area (Å²) in [6.45, 7) is 19.0. The predicted molar refractivity (Wildman–Crippen MR) is 418 cm³/mol. The third-order valence-corrected chi connectivity index (χ3v) is 21.6. The van der Waals surface area contributed by atoms with Crippen molar-refractivity contribution in [3.63, 3.8) is 0 Å². The van der Waals surface area contributed by atoms with Gasteiger partial charge < -0.3 is 69.5 Å². The van der Waals surface area contributed by atoms with Gasteiger partial charge in [-0.2, -0.15) is 0 Å². The molecular weight excluding hydrogens is 1450 g/mol. The normalized spacial score (nSPS) is 16.3. The topological polar surface area (TPSA) is 350 Å². The number of ether oxygens (including phenoxy) is 7. The summed E-state index contributed by atoms with van der Waals surface area (Å²) < 4.78 is 40.2. The minimum Gasteiger partial charge on any atom is -0.445 e. The Bertz CT molecular complexity index is 3590. The van der Waals surface area contributed by atoms with E-state index in [4.69, 9.17) is 43.7 Å². The first-order valence-electron chi connectivity index (χ1n) is 38.8. The molecule has 2 aliphatic heterocycles. The highest BCUT2D eigenvalue weighted by Crippen LogP contribution is 2.35. The minimum absolute atomic E-state index is 0.00203. The summed E-state index contributed by atoms with van der Waals surface area (Å²) in [5.74, 6) is -6.54. The molecule has 5 N–H and O–H groups in total. The maximum absolute atomic E-state index is 15.0. The van der Waals surface area contributed by atoms with E-state index in [1.54, 1.807) is 87.6 Å². The van der Waals surface area contributed by atoms with Gasteiger partial charge in [-0.3, -0.25) is 48.0 Å². The molecule has 0 radical (unpaired) electrons. The van der Waals surface area contributed by atoms with Gasteiger partial charge in [-0.05, 0) is 91.2 Å². The number of hydrogen-bond donors (Lipinski definition) is 4. The Hall–Kier alpha value is -8.42. The average molecular weight is 1570 g/mol. The van der Waals surface area contributed by atoms with Crippen molar-refractivity contribution in [2.24, 2.45) is 47.2 Å². The van der Waals surface area contributed by atoms with Crippen LogP contribution in [0.4, 0.5) is 15.3 Å². The molecule has 11 atom stereocenters. The van der Waals surface area contributed by atoms with E-state index in [1.807, 2.05) is 76.9 Å². The first kappa shape index (κ1) is 91.5. The Morgan fingerprint density at radius 3 is 1.85 bits per heavy atom. The zero-order valence-corrected chi connectivity index (χ0v) is 67.8. The van der Waals surface area contributed by atoms with Crippen molar-refractivity contribution in [1.82, 2.24) is 35.4 Å². The summed E-state index contributed by atoms with van der Waals surface area (Å²) in [7, 11) is 6.31. The van der Waals surface area contributed by atoms with E-state index >= 15 is 0 Å². The number of carbonyl (C=O) groups excluding carboxylic acids is 11. The lowest BCUT2D eigenvalue weighted by atomic mass is 9.83. The molecule has 0 aliphatic carbocycles. The number of methoxy groups -OCH3 is 2. The number of likely N-dealkylation sites (tertiary alicyclic amines) is 1. The monoisotopic (exact) mass is 1570 g/mol. The number of carbonyl (C=O) groups is 11. The largest absolute Gasteiger partial charge is 0.445 e. The fraction of sp³-hybridized carbons (Fsp3) is 0.610. The van der Waals surface area contributed by atoms with Crippen LogP contribution in [0, 0.1) is 41.4 Å². The molecular formula is C82H119N9O19S. The van der Waals surface area contributed by atoms with E-state index in [2.05, 4.69) is 33.1 Å². The molecule has 3 aromatic carbocycles. The maximum Gasteiger partial charge on any atom is 0.410 e. The van der Waals surface area contributed by atoms with Crippen molar-refractivity contribution in [1.29, 1.82) is 0 Å². The Kier molecular flexibility index (Phi) is 38.9. The first-order valence-corrected chi connectivity index (χ1v) is 39.7. The Morgan fingerprint density at radius 2 is 1.29 bits per heavy atom. The summed E-state index contributed by atoms with van der Waals surface area (Å²) in [6.07, 6.45) is 2.65. The summed E-state index contributed by atoms with van der Waals surface area (Å²) in [4.78, 5) is 164. The summed E-state index contributed by atoms with van der Waals surface area (Å²) >= 11 is 1.53. The summed E-state index contributed by atoms with van der Waals surface area (Å²) in [6, 6.07) is 19.5. The van der Waals surface area contributed by atoms with Gasteiger partial charge in [0.05, 0.1) is 118 Å². The Labute approximate surface area is 657 Å². The number of aromatic nitrogens is 1. The molecule has 1 unspecified atom stereocenters. The second-order valence-electron chi connectivity index (χ2n) is 29.7. The molecule has 0 bridgehead atoms. The smallest absolute Gasteiger partial charge is 0.410 e. The van der Waals surface area contributed by atoms with Crippen LogP contribution in [0.15, 0.2) is 90.4 Å². The average Bonchev–Trinajstić information content (AvgIpc) is 1.66. The molecule has 0 spiro atoms. The number of primary amides is 1. The number of hydroxylamine groups is 2. The lowest BCUT2D eigenvalue weighted by Gasteiger charge is -2.41. The summed E-state index contributed by atoms with van der Waals surface area (Å²) in [5.41, 5.74) is 7.93. The van der Waals surface area contributed by atoms with Crippen LogP contribution in [0.2, 0.25) is 0 Å². The van der Waals surface area contributed by atoms with E-state index in [0.717, 1.165) is 22.1 Å². The molecule has 1 saturated heterocycles. The van der Waals surface area contributed by atoms with E-state index in [9.17, 15) is 52.7 Å². The zero-order valence-electron chi connectivity index (χ0n) is 67.0. The first-order chi connectivity index (χ1) is 53.1. The Balaban J connectivity index is 0.948. The fourth-order valence-electron chi connectivity index (χ4n) is 14.4. The third kappa shape index (κ3) is 28.0. The van der Waals surface area contributed by atoms with Crippen LogP contribution < -0.4 is 21.7 Å². The number of ketones is 3. The number of anilines is 1. The molecule has 4 aromatic rings. The van der Waals surface area contributed by atoms with E-state index < -0.39 is 83.8 Å².